The molecule has 0 radical (unpaired) electrons. The molecule has 0 aliphatic carbocycles. The van der Waals surface area contributed by atoms with Gasteiger partial charge in [-0.05, 0) is 37.1 Å². The van der Waals surface area contributed by atoms with Gasteiger partial charge in [-0.25, -0.2) is 4.79 Å². The third-order valence-electron chi connectivity index (χ3n) is 5.48. The van der Waals surface area contributed by atoms with Gasteiger partial charge in [-0.2, -0.15) is 0 Å². The third kappa shape index (κ3) is 4.60. The van der Waals surface area contributed by atoms with Gasteiger partial charge in [0.1, 0.15) is 11.5 Å². The van der Waals surface area contributed by atoms with E-state index in [2.05, 4.69) is 10.5 Å². The van der Waals surface area contributed by atoms with Crippen LogP contribution in [-0.4, -0.2) is 48.7 Å². The van der Waals surface area contributed by atoms with E-state index < -0.39 is 0 Å². The second-order valence-corrected chi connectivity index (χ2v) is 7.76. The standard InChI is InChI=1S/C24H26N4O3/c1-17-15-19(10-11-22(17)28-14-12-25-24(28)30)23(29)27(2)13-6-9-20-16-21(26-31-20)18-7-4-3-5-8-18/h3-5,7-8,10-11,15-16H,6,9,12-14H2,1-2H3,(H,25,30). The third-order valence-corrected chi connectivity index (χ3v) is 5.48. The molecule has 1 aliphatic heterocycles. The summed E-state index contributed by atoms with van der Waals surface area (Å²) in [5.41, 5.74) is 4.21. The van der Waals surface area contributed by atoms with Gasteiger partial charge >= 0.3 is 6.03 Å². The minimum Gasteiger partial charge on any atom is -0.361 e. The van der Waals surface area contributed by atoms with Gasteiger partial charge in [0.2, 0.25) is 0 Å². The maximum Gasteiger partial charge on any atom is 0.322 e. The van der Waals surface area contributed by atoms with Gasteiger partial charge in [0.15, 0.2) is 0 Å². The Bertz CT molecular complexity index is 1080. The Hall–Kier alpha value is -3.61. The van der Waals surface area contributed by atoms with E-state index in [0.29, 0.717) is 31.6 Å². The number of nitrogens with zero attached hydrogens (tertiary/aromatic N) is 3. The van der Waals surface area contributed by atoms with E-state index in [0.717, 1.165) is 34.7 Å². The van der Waals surface area contributed by atoms with Gasteiger partial charge in [-0.1, -0.05) is 35.5 Å². The fourth-order valence-electron chi connectivity index (χ4n) is 3.78. The van der Waals surface area contributed by atoms with Crippen molar-refractivity contribution < 1.29 is 14.1 Å². The summed E-state index contributed by atoms with van der Waals surface area (Å²) in [7, 11) is 1.80. The molecule has 2 heterocycles. The molecule has 31 heavy (non-hydrogen) atoms. The molecule has 7 heteroatoms. The number of urea groups is 1. The van der Waals surface area contributed by atoms with Crippen LogP contribution in [0.5, 0.6) is 0 Å². The number of nitrogens with one attached hydrogen (secondary N) is 1. The van der Waals surface area contributed by atoms with E-state index >= 15 is 0 Å². The number of hydrogen-bond acceptors (Lipinski definition) is 4. The van der Waals surface area contributed by atoms with Crippen LogP contribution in [0.1, 0.15) is 28.1 Å². The molecule has 2 aromatic carbocycles. The number of aryl methyl sites for hydroxylation is 2. The highest BCUT2D eigenvalue weighted by molar-refractivity contribution is 5.97. The summed E-state index contributed by atoms with van der Waals surface area (Å²) in [5, 5.41) is 6.93. The van der Waals surface area contributed by atoms with Crippen LogP contribution in [0.25, 0.3) is 11.3 Å². The van der Waals surface area contributed by atoms with Crippen LogP contribution in [0.4, 0.5) is 10.5 Å². The number of hydrogen-bond donors (Lipinski definition) is 1. The fraction of sp³-hybridized carbons (Fsp3) is 0.292. The zero-order valence-corrected chi connectivity index (χ0v) is 17.8. The second-order valence-electron chi connectivity index (χ2n) is 7.76. The first-order valence-electron chi connectivity index (χ1n) is 10.5. The number of rotatable bonds is 7. The number of carbonyl (C=O) groups excluding carboxylic acids is 2. The van der Waals surface area contributed by atoms with Gasteiger partial charge in [0.25, 0.3) is 5.91 Å². The molecule has 0 spiro atoms. The summed E-state index contributed by atoms with van der Waals surface area (Å²) in [6, 6.07) is 17.2. The summed E-state index contributed by atoms with van der Waals surface area (Å²) in [5.74, 6) is 0.770. The van der Waals surface area contributed by atoms with Crippen molar-refractivity contribution in [3.63, 3.8) is 0 Å². The van der Waals surface area contributed by atoms with Crippen molar-refractivity contribution in [1.82, 2.24) is 15.4 Å². The molecule has 7 nitrogen and oxygen atoms in total. The van der Waals surface area contributed by atoms with Crippen molar-refractivity contribution in [2.24, 2.45) is 0 Å². The molecule has 1 aromatic heterocycles. The summed E-state index contributed by atoms with van der Waals surface area (Å²) in [4.78, 5) is 28.1. The molecule has 3 amide bonds. The maximum absolute atomic E-state index is 12.8. The van der Waals surface area contributed by atoms with E-state index in [1.807, 2.05) is 55.5 Å². The van der Waals surface area contributed by atoms with Crippen molar-refractivity contribution in [1.29, 1.82) is 0 Å². The Balaban J connectivity index is 1.32. The van der Waals surface area contributed by atoms with Crippen molar-refractivity contribution in [3.8, 4) is 11.3 Å². The molecular formula is C24H26N4O3. The summed E-state index contributed by atoms with van der Waals surface area (Å²) in [6.07, 6.45) is 1.48. The first-order valence-corrected chi connectivity index (χ1v) is 10.5. The van der Waals surface area contributed by atoms with Crippen LogP contribution in [0, 0.1) is 6.92 Å². The predicted octanol–water partition coefficient (Wildman–Crippen LogP) is 3.88. The van der Waals surface area contributed by atoms with Crippen LogP contribution < -0.4 is 10.2 Å². The van der Waals surface area contributed by atoms with E-state index in [-0.39, 0.29) is 11.9 Å². The van der Waals surface area contributed by atoms with Gasteiger partial charge in [-0.15, -0.1) is 0 Å². The summed E-state index contributed by atoms with van der Waals surface area (Å²) >= 11 is 0. The van der Waals surface area contributed by atoms with Gasteiger partial charge in [0, 0.05) is 56.0 Å². The highest BCUT2D eigenvalue weighted by Gasteiger charge is 2.23. The number of carbonyl (C=O) groups is 2. The van der Waals surface area contributed by atoms with Crippen molar-refractivity contribution in [2.45, 2.75) is 19.8 Å². The molecule has 0 saturated carbocycles. The predicted molar refractivity (Wildman–Crippen MR) is 119 cm³/mol. The zero-order valence-electron chi connectivity index (χ0n) is 17.8. The number of amides is 3. The van der Waals surface area contributed by atoms with Crippen LogP contribution >= 0.6 is 0 Å². The lowest BCUT2D eigenvalue weighted by Gasteiger charge is -2.20. The Kier molecular flexibility index (Phi) is 6.02. The molecule has 1 aliphatic rings. The molecule has 0 bridgehead atoms. The quantitative estimate of drug-likeness (QED) is 0.632. The number of anilines is 1. The van der Waals surface area contributed by atoms with Gasteiger partial charge in [0.05, 0.1) is 0 Å². The number of aromatic nitrogens is 1. The van der Waals surface area contributed by atoms with Crippen LogP contribution in [0.2, 0.25) is 0 Å². The fourth-order valence-corrected chi connectivity index (χ4v) is 3.78. The van der Waals surface area contributed by atoms with Gasteiger partial charge < -0.3 is 14.7 Å². The topological polar surface area (TPSA) is 78.7 Å². The molecule has 160 valence electrons. The average molecular weight is 418 g/mol. The maximum atomic E-state index is 12.8. The van der Waals surface area contributed by atoms with E-state index in [9.17, 15) is 9.59 Å². The van der Waals surface area contributed by atoms with E-state index in [1.165, 1.54) is 0 Å². The highest BCUT2D eigenvalue weighted by atomic mass is 16.5. The largest absolute Gasteiger partial charge is 0.361 e. The second kappa shape index (κ2) is 9.04. The van der Waals surface area contributed by atoms with Crippen LogP contribution in [-0.2, 0) is 6.42 Å². The molecule has 1 N–H and O–H groups in total. The van der Waals surface area contributed by atoms with Crippen molar-refractivity contribution >= 4 is 17.6 Å². The molecule has 0 atom stereocenters. The Labute approximate surface area is 181 Å². The van der Waals surface area contributed by atoms with Crippen LogP contribution in [0.15, 0.2) is 59.1 Å². The molecule has 4 rings (SSSR count). The highest BCUT2D eigenvalue weighted by Crippen LogP contribution is 2.24. The molecule has 1 fully saturated rings. The first kappa shape index (κ1) is 20.7. The van der Waals surface area contributed by atoms with Crippen molar-refractivity contribution in [3.05, 3.63) is 71.5 Å². The van der Waals surface area contributed by atoms with E-state index in [1.54, 1.807) is 22.9 Å². The lowest BCUT2D eigenvalue weighted by Crippen LogP contribution is -2.29. The molecular weight excluding hydrogens is 392 g/mol. The van der Waals surface area contributed by atoms with Gasteiger partial charge in [-0.3, -0.25) is 9.69 Å². The summed E-state index contributed by atoms with van der Waals surface area (Å²) < 4.78 is 5.44. The SMILES string of the molecule is Cc1cc(C(=O)N(C)CCCc2cc(-c3ccccc3)no2)ccc1N1CCNC1=O. The molecule has 1 saturated heterocycles. The zero-order chi connectivity index (χ0) is 21.8. The minimum atomic E-state index is -0.0952. The number of benzene rings is 2. The summed E-state index contributed by atoms with van der Waals surface area (Å²) in [6.45, 7) is 3.81. The van der Waals surface area contributed by atoms with Crippen LogP contribution in [0.3, 0.4) is 0 Å². The normalized spacial score (nSPS) is 13.4. The molecule has 3 aromatic rings. The molecule has 0 unspecified atom stereocenters. The lowest BCUT2D eigenvalue weighted by molar-refractivity contribution is 0.0792. The monoisotopic (exact) mass is 418 g/mol. The van der Waals surface area contributed by atoms with Crippen molar-refractivity contribution in [2.75, 3.05) is 31.6 Å². The minimum absolute atomic E-state index is 0.0388. The Morgan fingerprint density at radius 3 is 2.71 bits per heavy atom. The smallest absolute Gasteiger partial charge is 0.322 e. The lowest BCUT2D eigenvalue weighted by atomic mass is 10.1. The Morgan fingerprint density at radius 1 is 1.19 bits per heavy atom. The Morgan fingerprint density at radius 2 is 2.00 bits per heavy atom. The average Bonchev–Trinajstić information content (AvgIpc) is 3.43. The first-order chi connectivity index (χ1) is 15.0. The van der Waals surface area contributed by atoms with E-state index in [4.69, 9.17) is 4.52 Å².